The van der Waals surface area contributed by atoms with E-state index in [9.17, 15) is 5.11 Å². The van der Waals surface area contributed by atoms with Gasteiger partial charge in [-0.25, -0.2) is 0 Å². The van der Waals surface area contributed by atoms with Crippen LogP contribution in [0.2, 0.25) is 0 Å². The number of hydrogen-bond acceptors (Lipinski definition) is 1. The SMILES string of the molecule is C#CCCC1=CC(O)CC(C)C1. The summed E-state index contributed by atoms with van der Waals surface area (Å²) in [4.78, 5) is 0. The molecule has 1 aliphatic carbocycles. The molecule has 2 unspecified atom stereocenters. The minimum atomic E-state index is -0.235. The maximum Gasteiger partial charge on any atom is 0.0726 e. The summed E-state index contributed by atoms with van der Waals surface area (Å²) >= 11 is 0. The quantitative estimate of drug-likeness (QED) is 0.489. The average molecular weight is 164 g/mol. The van der Waals surface area contributed by atoms with Crippen LogP contribution in [0, 0.1) is 18.3 Å². The van der Waals surface area contributed by atoms with Crippen molar-refractivity contribution in [2.24, 2.45) is 5.92 Å². The molecule has 1 aliphatic rings. The van der Waals surface area contributed by atoms with Gasteiger partial charge in [0.15, 0.2) is 0 Å². The Balaban J connectivity index is 2.47. The van der Waals surface area contributed by atoms with Crippen molar-refractivity contribution in [3.8, 4) is 12.3 Å². The van der Waals surface area contributed by atoms with Crippen molar-refractivity contribution in [3.05, 3.63) is 11.6 Å². The lowest BCUT2D eigenvalue weighted by Crippen LogP contribution is -2.15. The molecule has 0 saturated heterocycles. The highest BCUT2D eigenvalue weighted by Gasteiger charge is 2.16. The first kappa shape index (κ1) is 9.35. The van der Waals surface area contributed by atoms with Crippen LogP contribution in [-0.4, -0.2) is 11.2 Å². The molecule has 2 atom stereocenters. The fourth-order valence-corrected chi connectivity index (χ4v) is 1.77. The molecule has 12 heavy (non-hydrogen) atoms. The van der Waals surface area contributed by atoms with E-state index >= 15 is 0 Å². The fraction of sp³-hybridized carbons (Fsp3) is 0.636. The molecule has 1 heteroatoms. The molecule has 66 valence electrons. The van der Waals surface area contributed by atoms with Gasteiger partial charge in [-0.1, -0.05) is 18.6 Å². The van der Waals surface area contributed by atoms with Crippen molar-refractivity contribution in [2.45, 2.75) is 38.7 Å². The minimum absolute atomic E-state index is 0.235. The third kappa shape index (κ3) is 2.71. The third-order valence-electron chi connectivity index (χ3n) is 2.27. The van der Waals surface area contributed by atoms with Gasteiger partial charge >= 0.3 is 0 Å². The van der Waals surface area contributed by atoms with E-state index in [1.165, 1.54) is 5.57 Å². The van der Waals surface area contributed by atoms with Crippen molar-refractivity contribution in [3.63, 3.8) is 0 Å². The molecular weight excluding hydrogens is 148 g/mol. The summed E-state index contributed by atoms with van der Waals surface area (Å²) in [5, 5.41) is 9.42. The Morgan fingerprint density at radius 1 is 1.75 bits per heavy atom. The summed E-state index contributed by atoms with van der Waals surface area (Å²) in [7, 11) is 0. The van der Waals surface area contributed by atoms with Gasteiger partial charge in [-0.05, 0) is 25.2 Å². The van der Waals surface area contributed by atoms with Gasteiger partial charge in [-0.3, -0.25) is 0 Å². The van der Waals surface area contributed by atoms with Gasteiger partial charge in [-0.15, -0.1) is 12.3 Å². The molecule has 1 nitrogen and oxygen atoms in total. The molecule has 1 rings (SSSR count). The van der Waals surface area contributed by atoms with E-state index in [0.29, 0.717) is 5.92 Å². The van der Waals surface area contributed by atoms with Crippen LogP contribution in [0.3, 0.4) is 0 Å². The zero-order chi connectivity index (χ0) is 8.97. The van der Waals surface area contributed by atoms with Gasteiger partial charge in [0.05, 0.1) is 6.10 Å². The second-order valence-electron chi connectivity index (χ2n) is 3.64. The molecule has 0 heterocycles. The highest BCUT2D eigenvalue weighted by molar-refractivity contribution is 5.11. The number of hydrogen-bond donors (Lipinski definition) is 1. The molecule has 1 N–H and O–H groups in total. The number of aliphatic hydroxyl groups excluding tert-OH is 1. The lowest BCUT2D eigenvalue weighted by atomic mass is 9.87. The zero-order valence-electron chi connectivity index (χ0n) is 7.59. The monoisotopic (exact) mass is 164 g/mol. The second-order valence-corrected chi connectivity index (χ2v) is 3.64. The number of aliphatic hydroxyl groups is 1. The van der Waals surface area contributed by atoms with Crippen LogP contribution >= 0.6 is 0 Å². The maximum absolute atomic E-state index is 9.42. The zero-order valence-corrected chi connectivity index (χ0v) is 7.59. The van der Waals surface area contributed by atoms with Crippen LogP contribution in [0.1, 0.15) is 32.6 Å². The second kappa shape index (κ2) is 4.33. The van der Waals surface area contributed by atoms with E-state index in [1.807, 2.05) is 6.08 Å². The summed E-state index contributed by atoms with van der Waals surface area (Å²) < 4.78 is 0. The van der Waals surface area contributed by atoms with Gasteiger partial charge in [0.25, 0.3) is 0 Å². The van der Waals surface area contributed by atoms with Crippen molar-refractivity contribution >= 4 is 0 Å². The van der Waals surface area contributed by atoms with Gasteiger partial charge in [-0.2, -0.15) is 0 Å². The molecular formula is C11H16O. The average Bonchev–Trinajstić information content (AvgIpc) is 1.99. The Hall–Kier alpha value is -0.740. The Morgan fingerprint density at radius 3 is 3.08 bits per heavy atom. The molecule has 0 amide bonds. The Kier molecular flexibility index (Phi) is 3.37. The van der Waals surface area contributed by atoms with Crippen LogP contribution in [0.5, 0.6) is 0 Å². The largest absolute Gasteiger partial charge is 0.389 e. The Morgan fingerprint density at radius 2 is 2.50 bits per heavy atom. The van der Waals surface area contributed by atoms with Gasteiger partial charge in [0.1, 0.15) is 0 Å². The highest BCUT2D eigenvalue weighted by Crippen LogP contribution is 2.26. The summed E-state index contributed by atoms with van der Waals surface area (Å²) in [5.74, 6) is 3.23. The normalized spacial score (nSPS) is 29.2. The number of terminal acetylenes is 1. The Bertz CT molecular complexity index is 210. The van der Waals surface area contributed by atoms with Crippen LogP contribution in [0.25, 0.3) is 0 Å². The van der Waals surface area contributed by atoms with E-state index in [0.717, 1.165) is 25.7 Å². The molecule has 0 aromatic rings. The predicted octanol–water partition coefficient (Wildman–Crippen LogP) is 2.12. The lowest BCUT2D eigenvalue weighted by molar-refractivity contribution is 0.179. The van der Waals surface area contributed by atoms with E-state index in [-0.39, 0.29) is 6.10 Å². The summed E-state index contributed by atoms with van der Waals surface area (Å²) in [6.07, 6.45) is 10.7. The van der Waals surface area contributed by atoms with Crippen molar-refractivity contribution in [2.75, 3.05) is 0 Å². The molecule has 0 fully saturated rings. The van der Waals surface area contributed by atoms with Crippen molar-refractivity contribution in [1.29, 1.82) is 0 Å². The van der Waals surface area contributed by atoms with Crippen LogP contribution in [0.15, 0.2) is 11.6 Å². The highest BCUT2D eigenvalue weighted by atomic mass is 16.3. The number of allylic oxidation sites excluding steroid dienone is 1. The lowest BCUT2D eigenvalue weighted by Gasteiger charge is -2.22. The van der Waals surface area contributed by atoms with E-state index < -0.39 is 0 Å². The number of rotatable bonds is 2. The van der Waals surface area contributed by atoms with E-state index in [2.05, 4.69) is 12.8 Å². The standard InChI is InChI=1S/C11H16O/c1-3-4-5-10-6-9(2)7-11(12)8-10/h1,8-9,11-12H,4-7H2,2H3. The smallest absolute Gasteiger partial charge is 0.0726 e. The summed E-state index contributed by atoms with van der Waals surface area (Å²) in [6, 6.07) is 0. The molecule has 0 aromatic heterocycles. The van der Waals surface area contributed by atoms with Gasteiger partial charge in [0, 0.05) is 6.42 Å². The van der Waals surface area contributed by atoms with Crippen LogP contribution in [-0.2, 0) is 0 Å². The van der Waals surface area contributed by atoms with Crippen LogP contribution < -0.4 is 0 Å². The molecule has 0 aromatic carbocycles. The first-order valence-electron chi connectivity index (χ1n) is 4.53. The molecule has 0 aliphatic heterocycles. The first-order chi connectivity index (χ1) is 5.72. The summed E-state index contributed by atoms with van der Waals surface area (Å²) in [5.41, 5.74) is 1.33. The molecule has 0 bridgehead atoms. The van der Waals surface area contributed by atoms with Crippen molar-refractivity contribution in [1.82, 2.24) is 0 Å². The fourth-order valence-electron chi connectivity index (χ4n) is 1.77. The van der Waals surface area contributed by atoms with Crippen LogP contribution in [0.4, 0.5) is 0 Å². The third-order valence-corrected chi connectivity index (χ3v) is 2.27. The topological polar surface area (TPSA) is 20.2 Å². The first-order valence-corrected chi connectivity index (χ1v) is 4.53. The minimum Gasteiger partial charge on any atom is -0.389 e. The molecule has 0 saturated carbocycles. The Labute approximate surface area is 74.5 Å². The molecule has 0 spiro atoms. The molecule has 0 radical (unpaired) electrons. The van der Waals surface area contributed by atoms with Gasteiger partial charge in [0.2, 0.25) is 0 Å². The maximum atomic E-state index is 9.42. The van der Waals surface area contributed by atoms with E-state index in [1.54, 1.807) is 0 Å². The van der Waals surface area contributed by atoms with Crippen molar-refractivity contribution < 1.29 is 5.11 Å². The van der Waals surface area contributed by atoms with E-state index in [4.69, 9.17) is 6.42 Å². The summed E-state index contributed by atoms with van der Waals surface area (Å²) in [6.45, 7) is 2.17. The predicted molar refractivity (Wildman–Crippen MR) is 50.6 cm³/mol. The van der Waals surface area contributed by atoms with Gasteiger partial charge < -0.3 is 5.11 Å².